The SMILES string of the molecule is COc1cc2nn([C@H]3CC[C@@H](O)CC3)cc2cc1NC(=O)c1cccc(C2CC2)[n+]1O. The van der Waals surface area contributed by atoms with Crippen LogP contribution in [0.4, 0.5) is 5.69 Å². The van der Waals surface area contributed by atoms with Gasteiger partial charge in [0.2, 0.25) is 5.69 Å². The van der Waals surface area contributed by atoms with Crippen LogP contribution in [0.15, 0.2) is 36.5 Å². The molecule has 31 heavy (non-hydrogen) atoms. The second-order valence-electron chi connectivity index (χ2n) is 8.56. The van der Waals surface area contributed by atoms with Crippen LogP contribution >= 0.6 is 0 Å². The van der Waals surface area contributed by atoms with Gasteiger partial charge in [0.25, 0.3) is 0 Å². The lowest BCUT2D eigenvalue weighted by Gasteiger charge is -2.25. The maximum atomic E-state index is 12.9. The van der Waals surface area contributed by atoms with Crippen LogP contribution in [-0.4, -0.2) is 39.2 Å². The van der Waals surface area contributed by atoms with Crippen LogP contribution in [0.1, 0.15) is 66.7 Å². The van der Waals surface area contributed by atoms with Gasteiger partial charge in [-0.15, -0.1) is 0 Å². The fraction of sp³-hybridized carbons (Fsp3) is 0.435. The molecule has 2 saturated carbocycles. The molecule has 2 fully saturated rings. The molecular formula is C23H27N4O4+. The van der Waals surface area contributed by atoms with Crippen LogP contribution < -0.4 is 14.8 Å². The molecule has 0 radical (unpaired) electrons. The molecule has 2 aromatic heterocycles. The molecule has 0 spiro atoms. The molecule has 1 amide bonds. The van der Waals surface area contributed by atoms with Gasteiger partial charge >= 0.3 is 11.6 Å². The van der Waals surface area contributed by atoms with Gasteiger partial charge in [0.05, 0.1) is 30.5 Å². The van der Waals surface area contributed by atoms with Crippen molar-refractivity contribution in [1.82, 2.24) is 9.78 Å². The Bertz CT molecular complexity index is 1130. The Labute approximate surface area is 180 Å². The Hall–Kier alpha value is -3.13. The molecule has 0 bridgehead atoms. The highest BCUT2D eigenvalue weighted by atomic mass is 16.5. The van der Waals surface area contributed by atoms with Crippen molar-refractivity contribution < 1.29 is 24.6 Å². The average Bonchev–Trinajstić information content (AvgIpc) is 3.53. The summed E-state index contributed by atoms with van der Waals surface area (Å²) in [4.78, 5) is 12.9. The molecule has 2 aliphatic rings. The number of anilines is 1. The number of pyridine rings is 1. The smallest absolute Gasteiger partial charge is 0.325 e. The zero-order valence-electron chi connectivity index (χ0n) is 17.5. The van der Waals surface area contributed by atoms with Gasteiger partial charge in [-0.1, -0.05) is 0 Å². The molecule has 0 aliphatic heterocycles. The standard InChI is InChI=1S/C23H26N4O4/c1-31-22-12-18-15(13-26(25-18)16-7-9-17(28)10-8-16)11-19(22)24-23(29)21-4-2-3-20(27(21)30)14-5-6-14/h2-4,11-14,16-17,28H,5-10H2,1H3,(H-,24,29,30)/p+1/t16-,17+. The lowest BCUT2D eigenvalue weighted by Crippen LogP contribution is -2.43. The molecule has 0 atom stereocenters. The second-order valence-corrected chi connectivity index (χ2v) is 8.56. The number of benzene rings is 1. The van der Waals surface area contributed by atoms with E-state index in [9.17, 15) is 15.1 Å². The normalized spacial score (nSPS) is 21.2. The number of nitrogens with one attached hydrogen (secondary N) is 1. The van der Waals surface area contributed by atoms with E-state index in [1.165, 1.54) is 0 Å². The van der Waals surface area contributed by atoms with Gasteiger partial charge < -0.3 is 15.2 Å². The van der Waals surface area contributed by atoms with Crippen molar-refractivity contribution in [3.8, 4) is 5.75 Å². The van der Waals surface area contributed by atoms with E-state index in [0.717, 1.165) is 59.9 Å². The van der Waals surface area contributed by atoms with E-state index >= 15 is 0 Å². The number of aliphatic hydroxyl groups is 1. The average molecular weight is 423 g/mol. The van der Waals surface area contributed by atoms with E-state index < -0.39 is 5.91 Å². The van der Waals surface area contributed by atoms with Crippen molar-refractivity contribution in [1.29, 1.82) is 0 Å². The summed E-state index contributed by atoms with van der Waals surface area (Å²) in [7, 11) is 1.55. The summed E-state index contributed by atoms with van der Waals surface area (Å²) in [5.41, 5.74) is 2.25. The van der Waals surface area contributed by atoms with Gasteiger partial charge in [-0.25, -0.2) is 0 Å². The van der Waals surface area contributed by atoms with E-state index in [4.69, 9.17) is 9.84 Å². The first kappa shape index (κ1) is 19.8. The van der Waals surface area contributed by atoms with Gasteiger partial charge in [0, 0.05) is 40.4 Å². The van der Waals surface area contributed by atoms with Crippen LogP contribution in [0.5, 0.6) is 5.75 Å². The molecule has 3 aromatic rings. The molecule has 8 heteroatoms. The van der Waals surface area contributed by atoms with E-state index in [1.807, 2.05) is 29.1 Å². The monoisotopic (exact) mass is 423 g/mol. The van der Waals surface area contributed by atoms with E-state index in [2.05, 4.69) is 5.32 Å². The number of ether oxygens (including phenoxy) is 1. The zero-order valence-corrected chi connectivity index (χ0v) is 17.5. The highest BCUT2D eigenvalue weighted by Crippen LogP contribution is 2.38. The fourth-order valence-electron chi connectivity index (χ4n) is 4.41. The number of amides is 1. The van der Waals surface area contributed by atoms with Crippen molar-refractivity contribution >= 4 is 22.5 Å². The molecule has 162 valence electrons. The number of rotatable bonds is 5. The molecule has 1 aromatic carbocycles. The number of nitrogens with zero attached hydrogens (tertiary/aromatic N) is 3. The van der Waals surface area contributed by atoms with E-state index in [1.54, 1.807) is 19.2 Å². The number of hydrogen-bond donors (Lipinski definition) is 3. The third-order valence-electron chi connectivity index (χ3n) is 6.35. The third kappa shape index (κ3) is 3.83. The Morgan fingerprint density at radius 1 is 1.19 bits per heavy atom. The first-order chi connectivity index (χ1) is 15.0. The van der Waals surface area contributed by atoms with Crippen molar-refractivity contribution in [3.05, 3.63) is 47.9 Å². The lowest BCUT2D eigenvalue weighted by atomic mass is 9.93. The second kappa shape index (κ2) is 7.85. The predicted octanol–water partition coefficient (Wildman–Crippen LogP) is 3.18. The Morgan fingerprint density at radius 3 is 2.68 bits per heavy atom. The minimum atomic E-state index is -0.406. The maximum Gasteiger partial charge on any atom is 0.325 e. The highest BCUT2D eigenvalue weighted by molar-refractivity contribution is 6.04. The van der Waals surface area contributed by atoms with Crippen LogP contribution in [0.3, 0.4) is 0 Å². The quantitative estimate of drug-likeness (QED) is 0.432. The van der Waals surface area contributed by atoms with E-state index in [0.29, 0.717) is 17.4 Å². The number of aromatic nitrogens is 3. The summed E-state index contributed by atoms with van der Waals surface area (Å²) in [5.74, 6) is 0.416. The fourth-order valence-corrected chi connectivity index (χ4v) is 4.41. The summed E-state index contributed by atoms with van der Waals surface area (Å²) in [6, 6.07) is 9.16. The molecule has 3 N–H and O–H groups in total. The van der Waals surface area contributed by atoms with Crippen molar-refractivity contribution in [2.45, 2.75) is 56.6 Å². The predicted molar refractivity (Wildman–Crippen MR) is 114 cm³/mol. The maximum absolute atomic E-state index is 12.9. The summed E-state index contributed by atoms with van der Waals surface area (Å²) in [6.45, 7) is 0. The molecule has 0 unspecified atom stereocenters. The summed E-state index contributed by atoms with van der Waals surface area (Å²) >= 11 is 0. The lowest BCUT2D eigenvalue weighted by molar-refractivity contribution is -0.910. The first-order valence-electron chi connectivity index (χ1n) is 10.8. The van der Waals surface area contributed by atoms with Gasteiger partial charge in [0.1, 0.15) is 5.75 Å². The van der Waals surface area contributed by atoms with Crippen LogP contribution in [0.2, 0.25) is 0 Å². The summed E-state index contributed by atoms with van der Waals surface area (Å²) in [6.07, 6.45) is 7.18. The number of aliphatic hydroxyl groups excluding tert-OH is 1. The van der Waals surface area contributed by atoms with Crippen molar-refractivity contribution in [2.75, 3.05) is 12.4 Å². The minimum absolute atomic E-state index is 0.183. The zero-order chi connectivity index (χ0) is 21.5. The number of hydrogen-bond acceptors (Lipinski definition) is 5. The molecule has 8 nitrogen and oxygen atoms in total. The van der Waals surface area contributed by atoms with Crippen LogP contribution in [0.25, 0.3) is 10.9 Å². The Morgan fingerprint density at radius 2 is 1.97 bits per heavy atom. The van der Waals surface area contributed by atoms with Crippen molar-refractivity contribution in [2.24, 2.45) is 0 Å². The molecule has 5 rings (SSSR count). The topological polar surface area (TPSA) is 100 Å². The minimum Gasteiger partial charge on any atom is -0.494 e. The number of fused-ring (bicyclic) bond motifs is 1. The van der Waals surface area contributed by atoms with Gasteiger partial charge in [0.15, 0.2) is 0 Å². The Kier molecular flexibility index (Phi) is 5.02. The number of carbonyl (C=O) groups excluding carboxylic acids is 1. The number of methoxy groups -OCH3 is 1. The van der Waals surface area contributed by atoms with Gasteiger partial charge in [-0.2, -0.15) is 5.10 Å². The highest BCUT2D eigenvalue weighted by Gasteiger charge is 2.35. The summed E-state index contributed by atoms with van der Waals surface area (Å²) in [5, 5.41) is 28.7. The van der Waals surface area contributed by atoms with Crippen molar-refractivity contribution in [3.63, 3.8) is 0 Å². The molecule has 2 aliphatic carbocycles. The third-order valence-corrected chi connectivity index (χ3v) is 6.35. The number of carbonyl (C=O) groups is 1. The van der Waals surface area contributed by atoms with E-state index in [-0.39, 0.29) is 17.8 Å². The Balaban J connectivity index is 1.42. The summed E-state index contributed by atoms with van der Waals surface area (Å²) < 4.78 is 8.45. The molecule has 2 heterocycles. The van der Waals surface area contributed by atoms with Gasteiger partial charge in [-0.05, 0) is 50.7 Å². The molecule has 0 saturated heterocycles. The van der Waals surface area contributed by atoms with Gasteiger partial charge in [-0.3, -0.25) is 14.7 Å². The van der Waals surface area contributed by atoms with Crippen LogP contribution in [0, 0.1) is 0 Å². The first-order valence-corrected chi connectivity index (χ1v) is 10.8. The van der Waals surface area contributed by atoms with Crippen LogP contribution in [-0.2, 0) is 0 Å². The largest absolute Gasteiger partial charge is 0.494 e. The molecular weight excluding hydrogens is 396 g/mol.